The summed E-state index contributed by atoms with van der Waals surface area (Å²) in [7, 11) is 1.62. The van der Waals surface area contributed by atoms with Gasteiger partial charge in [-0.2, -0.15) is 10.2 Å². The fourth-order valence-electron chi connectivity index (χ4n) is 2.79. The zero-order valence-corrected chi connectivity index (χ0v) is 17.7. The maximum absolute atomic E-state index is 12.0. The fraction of sp³-hybridized carbons (Fsp3) is 0.0455. The molecule has 0 atom stereocenters. The average Bonchev–Trinajstić information content (AvgIpc) is 2.80. The molecule has 0 aliphatic carbocycles. The van der Waals surface area contributed by atoms with E-state index < -0.39 is 5.91 Å². The lowest BCUT2D eigenvalue weighted by Crippen LogP contribution is -2.24. The molecule has 10 heteroatoms. The summed E-state index contributed by atoms with van der Waals surface area (Å²) in [6, 6.07) is 13.5. The first-order chi connectivity index (χ1) is 15.3. The second kappa shape index (κ2) is 9.59. The summed E-state index contributed by atoms with van der Waals surface area (Å²) in [6.07, 6.45) is 2.59. The van der Waals surface area contributed by atoms with Gasteiger partial charge in [0.05, 0.1) is 28.8 Å². The Morgan fingerprint density at radius 3 is 2.66 bits per heavy atom. The van der Waals surface area contributed by atoms with Crippen molar-refractivity contribution in [3.63, 3.8) is 0 Å². The minimum absolute atomic E-state index is 0.128. The average molecular weight is 448 g/mol. The quantitative estimate of drug-likeness (QED) is 0.469. The highest BCUT2D eigenvalue weighted by molar-refractivity contribution is 6.33. The summed E-state index contributed by atoms with van der Waals surface area (Å²) in [6.45, 7) is 3.50. The van der Waals surface area contributed by atoms with Gasteiger partial charge < -0.3 is 21.3 Å². The standard InChI is InChI=1S/C22H18ClN7O2/c1-3-19(31)30(2)18-7-5-4-6-16(18)27-21-15(23)12-26-22(29-21)28-17-10-13(20(25)32)8-9-14(17)11-24/h3-10,12H,1H2,2H3,(H2,25,32)(H2,26,27,28,29). The van der Waals surface area contributed by atoms with E-state index in [4.69, 9.17) is 17.3 Å². The van der Waals surface area contributed by atoms with Crippen molar-refractivity contribution >= 4 is 52.2 Å². The van der Waals surface area contributed by atoms with E-state index in [0.717, 1.165) is 0 Å². The Kier molecular flexibility index (Phi) is 6.68. The zero-order chi connectivity index (χ0) is 23.3. The molecule has 9 nitrogen and oxygen atoms in total. The lowest BCUT2D eigenvalue weighted by Gasteiger charge is -2.20. The van der Waals surface area contributed by atoms with Crippen LogP contribution in [0.4, 0.5) is 28.8 Å². The van der Waals surface area contributed by atoms with Crippen LogP contribution < -0.4 is 21.3 Å². The number of nitriles is 1. The summed E-state index contributed by atoms with van der Waals surface area (Å²) in [5.41, 5.74) is 7.30. The van der Waals surface area contributed by atoms with Gasteiger partial charge in [-0.05, 0) is 36.4 Å². The van der Waals surface area contributed by atoms with Gasteiger partial charge in [0.15, 0.2) is 5.82 Å². The molecule has 0 spiro atoms. The second-order valence-electron chi connectivity index (χ2n) is 6.50. The van der Waals surface area contributed by atoms with Crippen molar-refractivity contribution in [1.29, 1.82) is 5.26 Å². The molecular formula is C22H18ClN7O2. The number of hydrogen-bond acceptors (Lipinski definition) is 7. The highest BCUT2D eigenvalue weighted by Gasteiger charge is 2.15. The smallest absolute Gasteiger partial charge is 0.250 e. The molecule has 2 amide bonds. The number of hydrogen-bond donors (Lipinski definition) is 3. The third-order valence-electron chi connectivity index (χ3n) is 4.44. The molecule has 3 rings (SSSR count). The number of carbonyl (C=O) groups is 2. The molecule has 0 fully saturated rings. The van der Waals surface area contributed by atoms with E-state index in [1.165, 1.54) is 35.4 Å². The van der Waals surface area contributed by atoms with Crippen molar-refractivity contribution in [3.05, 3.63) is 77.5 Å². The SMILES string of the molecule is C=CC(=O)N(C)c1ccccc1Nc1nc(Nc2cc(C(N)=O)ccc2C#N)ncc1Cl. The van der Waals surface area contributed by atoms with Gasteiger partial charge in [-0.15, -0.1) is 0 Å². The van der Waals surface area contributed by atoms with Gasteiger partial charge in [-0.3, -0.25) is 9.59 Å². The van der Waals surface area contributed by atoms with Gasteiger partial charge in [0.2, 0.25) is 17.8 Å². The molecule has 2 aromatic carbocycles. The van der Waals surface area contributed by atoms with Crippen LogP contribution in [0.1, 0.15) is 15.9 Å². The fourth-order valence-corrected chi connectivity index (χ4v) is 2.93. The van der Waals surface area contributed by atoms with E-state index in [0.29, 0.717) is 17.1 Å². The van der Waals surface area contributed by atoms with Crippen LogP contribution in [0.25, 0.3) is 0 Å². The van der Waals surface area contributed by atoms with Gasteiger partial charge in [-0.25, -0.2) is 4.98 Å². The highest BCUT2D eigenvalue weighted by atomic mass is 35.5. The minimum atomic E-state index is -0.633. The number of anilines is 5. The Morgan fingerprint density at radius 1 is 1.22 bits per heavy atom. The molecule has 160 valence electrons. The number of aromatic nitrogens is 2. The van der Waals surface area contributed by atoms with Crippen molar-refractivity contribution in [2.75, 3.05) is 22.6 Å². The normalized spacial score (nSPS) is 10.0. The van der Waals surface area contributed by atoms with Gasteiger partial charge in [0.1, 0.15) is 11.1 Å². The Balaban J connectivity index is 1.95. The number of rotatable bonds is 7. The summed E-state index contributed by atoms with van der Waals surface area (Å²) >= 11 is 6.27. The molecule has 32 heavy (non-hydrogen) atoms. The molecule has 0 unspecified atom stereocenters. The summed E-state index contributed by atoms with van der Waals surface area (Å²) in [5.74, 6) is -0.524. The van der Waals surface area contributed by atoms with Crippen LogP contribution in [0.15, 0.2) is 61.3 Å². The number of primary amides is 1. The number of carbonyl (C=O) groups excluding carboxylic acids is 2. The molecule has 0 aliphatic heterocycles. The van der Waals surface area contributed by atoms with Crippen LogP contribution in [0.2, 0.25) is 5.02 Å². The van der Waals surface area contributed by atoms with Gasteiger partial charge in [0.25, 0.3) is 0 Å². The Morgan fingerprint density at radius 2 is 1.97 bits per heavy atom. The number of halogens is 1. The zero-order valence-electron chi connectivity index (χ0n) is 17.0. The summed E-state index contributed by atoms with van der Waals surface area (Å²) < 4.78 is 0. The predicted molar refractivity (Wildman–Crippen MR) is 123 cm³/mol. The molecule has 0 aliphatic rings. The van der Waals surface area contributed by atoms with Crippen LogP contribution >= 0.6 is 11.6 Å². The number of likely N-dealkylation sites (N-methyl/N-ethyl adjacent to an activating group) is 1. The monoisotopic (exact) mass is 447 g/mol. The van der Waals surface area contributed by atoms with Crippen molar-refractivity contribution in [2.45, 2.75) is 0 Å². The predicted octanol–water partition coefficient (Wildman–Crippen LogP) is 3.74. The van der Waals surface area contributed by atoms with Gasteiger partial charge >= 0.3 is 0 Å². The maximum Gasteiger partial charge on any atom is 0.250 e. The van der Waals surface area contributed by atoms with E-state index >= 15 is 0 Å². The van der Waals surface area contributed by atoms with E-state index in [9.17, 15) is 14.9 Å². The largest absolute Gasteiger partial charge is 0.366 e. The Bertz CT molecular complexity index is 1250. The number of amides is 2. The van der Waals surface area contributed by atoms with Crippen molar-refractivity contribution in [1.82, 2.24) is 9.97 Å². The first kappa shape index (κ1) is 22.3. The summed E-state index contributed by atoms with van der Waals surface area (Å²) in [5, 5.41) is 15.6. The molecule has 1 heterocycles. The van der Waals surface area contributed by atoms with Gasteiger partial charge in [-0.1, -0.05) is 30.3 Å². The number of benzene rings is 2. The van der Waals surface area contributed by atoms with Crippen LogP contribution in [0, 0.1) is 11.3 Å². The summed E-state index contributed by atoms with van der Waals surface area (Å²) in [4.78, 5) is 33.4. The van der Waals surface area contributed by atoms with Crippen LogP contribution in [0.3, 0.4) is 0 Å². The van der Waals surface area contributed by atoms with E-state index in [1.54, 1.807) is 31.3 Å². The molecule has 0 saturated carbocycles. The van der Waals surface area contributed by atoms with Crippen molar-refractivity contribution < 1.29 is 9.59 Å². The highest BCUT2D eigenvalue weighted by Crippen LogP contribution is 2.31. The second-order valence-corrected chi connectivity index (χ2v) is 6.90. The van der Waals surface area contributed by atoms with Crippen LogP contribution in [0.5, 0.6) is 0 Å². The lowest BCUT2D eigenvalue weighted by atomic mass is 10.1. The van der Waals surface area contributed by atoms with Crippen molar-refractivity contribution in [3.8, 4) is 6.07 Å². The Hall–Kier alpha value is -4.42. The van der Waals surface area contributed by atoms with E-state index in [-0.39, 0.29) is 33.8 Å². The molecular weight excluding hydrogens is 430 g/mol. The number of nitrogens with zero attached hydrogens (tertiary/aromatic N) is 4. The molecule has 0 bridgehead atoms. The molecule has 1 aromatic heterocycles. The Labute approximate surface area is 189 Å². The van der Waals surface area contributed by atoms with E-state index in [1.807, 2.05) is 6.07 Å². The molecule has 0 radical (unpaired) electrons. The topological polar surface area (TPSA) is 137 Å². The third kappa shape index (κ3) is 4.83. The van der Waals surface area contributed by atoms with E-state index in [2.05, 4.69) is 27.2 Å². The van der Waals surface area contributed by atoms with Crippen LogP contribution in [-0.2, 0) is 4.79 Å². The first-order valence-corrected chi connectivity index (χ1v) is 9.61. The lowest BCUT2D eigenvalue weighted by molar-refractivity contribution is -0.113. The first-order valence-electron chi connectivity index (χ1n) is 9.23. The number of nitrogens with one attached hydrogen (secondary N) is 2. The van der Waals surface area contributed by atoms with Crippen LogP contribution in [-0.4, -0.2) is 28.8 Å². The molecule has 0 saturated heterocycles. The molecule has 3 aromatic rings. The number of nitrogens with two attached hydrogens (primary N) is 1. The maximum atomic E-state index is 12.0. The third-order valence-corrected chi connectivity index (χ3v) is 4.72. The molecule has 4 N–H and O–H groups in total. The van der Waals surface area contributed by atoms with Crippen molar-refractivity contribution in [2.24, 2.45) is 5.73 Å². The minimum Gasteiger partial charge on any atom is -0.366 e. The number of para-hydroxylation sites is 2. The van der Waals surface area contributed by atoms with Gasteiger partial charge in [0, 0.05) is 12.6 Å².